The smallest absolute Gasteiger partial charge is 0.308 e. The van der Waals surface area contributed by atoms with E-state index in [-0.39, 0.29) is 12.5 Å². The van der Waals surface area contributed by atoms with Gasteiger partial charge in [0.2, 0.25) is 0 Å². The van der Waals surface area contributed by atoms with E-state index < -0.39 is 11.9 Å². The van der Waals surface area contributed by atoms with Crippen molar-refractivity contribution in [1.82, 2.24) is 15.1 Å². The van der Waals surface area contributed by atoms with E-state index in [1.807, 2.05) is 14.0 Å². The molecule has 1 amide bonds. The van der Waals surface area contributed by atoms with E-state index in [9.17, 15) is 9.59 Å². The molecular weight excluding hydrogens is 278 g/mol. The fraction of sp³-hybridized carbons (Fsp3) is 0.462. The summed E-state index contributed by atoms with van der Waals surface area (Å²) in [6.45, 7) is 3.84. The predicted molar refractivity (Wildman–Crippen MR) is 77.1 cm³/mol. The fourth-order valence-corrected chi connectivity index (χ4v) is 3.07. The number of aliphatic carboxylic acids is 1. The van der Waals surface area contributed by atoms with Gasteiger partial charge in [-0.1, -0.05) is 6.92 Å². The van der Waals surface area contributed by atoms with Crippen LogP contribution in [-0.4, -0.2) is 33.3 Å². The van der Waals surface area contributed by atoms with E-state index in [4.69, 9.17) is 5.11 Å². The quantitative estimate of drug-likeness (QED) is 0.880. The zero-order valence-electron chi connectivity index (χ0n) is 11.6. The molecule has 2 aromatic heterocycles. The number of carbonyl (C=O) groups is 2. The molecule has 0 fully saturated rings. The summed E-state index contributed by atoms with van der Waals surface area (Å²) in [5, 5.41) is 16.9. The summed E-state index contributed by atoms with van der Waals surface area (Å²) in [7, 11) is 1.84. The number of carbonyl (C=O) groups excluding carboxylic acids is 1. The van der Waals surface area contributed by atoms with Gasteiger partial charge in [0, 0.05) is 19.0 Å². The zero-order valence-corrected chi connectivity index (χ0v) is 12.5. The molecule has 20 heavy (non-hydrogen) atoms. The van der Waals surface area contributed by atoms with Crippen LogP contribution in [0.3, 0.4) is 0 Å². The first kappa shape index (κ1) is 14.5. The zero-order chi connectivity index (χ0) is 14.9. The number of aryl methyl sites for hydroxylation is 2. The molecule has 0 aromatic carbocycles. The van der Waals surface area contributed by atoms with Gasteiger partial charge in [-0.3, -0.25) is 14.3 Å². The first-order valence-corrected chi connectivity index (χ1v) is 7.19. The van der Waals surface area contributed by atoms with Crippen molar-refractivity contribution < 1.29 is 14.7 Å². The molecule has 0 aliphatic carbocycles. The maximum absolute atomic E-state index is 12.1. The Morgan fingerprint density at radius 3 is 2.80 bits per heavy atom. The Labute approximate surface area is 120 Å². The standard InChI is InChI=1S/C13H17N3O3S/c1-4-8(13(18)19)6-14-11(17)10-5-9-7(2)15-16(3)12(9)20-10/h5,8H,4,6H2,1-3H3,(H,14,17)(H,18,19). The minimum absolute atomic E-state index is 0.149. The predicted octanol–water partition coefficient (Wildman–Crippen LogP) is 1.78. The molecule has 2 heterocycles. The number of amides is 1. The number of aromatic nitrogens is 2. The highest BCUT2D eigenvalue weighted by molar-refractivity contribution is 7.20. The van der Waals surface area contributed by atoms with E-state index in [2.05, 4.69) is 10.4 Å². The second-order valence-corrected chi connectivity index (χ2v) is 5.72. The second kappa shape index (κ2) is 5.62. The first-order valence-electron chi connectivity index (χ1n) is 6.38. The lowest BCUT2D eigenvalue weighted by Gasteiger charge is -2.10. The Hall–Kier alpha value is -1.89. The van der Waals surface area contributed by atoms with Gasteiger partial charge in [-0.25, -0.2) is 0 Å². The lowest BCUT2D eigenvalue weighted by molar-refractivity contribution is -0.141. The highest BCUT2D eigenvalue weighted by Crippen LogP contribution is 2.27. The summed E-state index contributed by atoms with van der Waals surface area (Å²) >= 11 is 1.36. The Morgan fingerprint density at radius 2 is 2.25 bits per heavy atom. The van der Waals surface area contributed by atoms with Gasteiger partial charge in [-0.15, -0.1) is 11.3 Å². The third kappa shape index (κ3) is 2.67. The van der Waals surface area contributed by atoms with Gasteiger partial charge >= 0.3 is 5.97 Å². The molecule has 1 unspecified atom stereocenters. The van der Waals surface area contributed by atoms with Gasteiger partial charge in [-0.2, -0.15) is 5.10 Å². The third-order valence-electron chi connectivity index (χ3n) is 3.27. The lowest BCUT2D eigenvalue weighted by atomic mass is 10.1. The topological polar surface area (TPSA) is 84.2 Å². The Morgan fingerprint density at radius 1 is 1.55 bits per heavy atom. The van der Waals surface area contributed by atoms with E-state index in [0.29, 0.717) is 11.3 Å². The van der Waals surface area contributed by atoms with Crippen LogP contribution in [0.1, 0.15) is 28.7 Å². The molecule has 0 saturated carbocycles. The fourth-order valence-electron chi connectivity index (χ4n) is 2.03. The molecule has 2 aromatic rings. The van der Waals surface area contributed by atoms with Crippen molar-refractivity contribution in [3.8, 4) is 0 Å². The number of carboxylic acid groups (broad SMARTS) is 1. The molecule has 7 heteroatoms. The molecular formula is C13H17N3O3S. The molecule has 108 valence electrons. The molecule has 6 nitrogen and oxygen atoms in total. The van der Waals surface area contributed by atoms with E-state index in [1.165, 1.54) is 11.3 Å². The number of rotatable bonds is 5. The minimum atomic E-state index is -0.885. The lowest BCUT2D eigenvalue weighted by Crippen LogP contribution is -2.32. The first-order chi connectivity index (χ1) is 9.43. The number of hydrogen-bond acceptors (Lipinski definition) is 4. The summed E-state index contributed by atoms with van der Waals surface area (Å²) < 4.78 is 1.75. The van der Waals surface area contributed by atoms with Crippen molar-refractivity contribution in [3.63, 3.8) is 0 Å². The van der Waals surface area contributed by atoms with E-state index in [1.54, 1.807) is 17.7 Å². The van der Waals surface area contributed by atoms with Gasteiger partial charge in [0.1, 0.15) is 4.83 Å². The Kier molecular flexibility index (Phi) is 4.08. The molecule has 0 saturated heterocycles. The molecule has 2 N–H and O–H groups in total. The summed E-state index contributed by atoms with van der Waals surface area (Å²) in [6.07, 6.45) is 0.491. The second-order valence-electron chi connectivity index (χ2n) is 4.69. The van der Waals surface area contributed by atoms with Gasteiger partial charge in [0.15, 0.2) is 0 Å². The van der Waals surface area contributed by atoms with Crippen molar-refractivity contribution in [1.29, 1.82) is 0 Å². The van der Waals surface area contributed by atoms with Crippen LogP contribution in [0.15, 0.2) is 6.07 Å². The van der Waals surface area contributed by atoms with Crippen LogP contribution in [0.4, 0.5) is 0 Å². The number of nitrogens with zero attached hydrogens (tertiary/aromatic N) is 2. The third-order valence-corrected chi connectivity index (χ3v) is 4.47. The molecule has 0 aliphatic rings. The molecule has 0 radical (unpaired) electrons. The number of fused-ring (bicyclic) bond motifs is 1. The number of hydrogen-bond donors (Lipinski definition) is 2. The van der Waals surface area contributed by atoms with Gasteiger partial charge in [0.25, 0.3) is 5.91 Å². The SMILES string of the molecule is CCC(CNC(=O)c1cc2c(C)nn(C)c2s1)C(=O)O. The van der Waals surface area contributed by atoms with Crippen molar-refractivity contribution in [2.75, 3.05) is 6.54 Å². The Balaban J connectivity index is 2.11. The average Bonchev–Trinajstić information content (AvgIpc) is 2.92. The van der Waals surface area contributed by atoms with Crippen LogP contribution in [0.2, 0.25) is 0 Å². The van der Waals surface area contributed by atoms with Crippen LogP contribution in [0.25, 0.3) is 10.2 Å². The summed E-state index contributed by atoms with van der Waals surface area (Å²) in [5.74, 6) is -1.66. The van der Waals surface area contributed by atoms with E-state index in [0.717, 1.165) is 15.9 Å². The average molecular weight is 295 g/mol. The molecule has 0 bridgehead atoms. The Bertz CT molecular complexity index is 625. The maximum atomic E-state index is 12.1. The number of thiophene rings is 1. The number of nitrogens with one attached hydrogen (secondary N) is 1. The molecule has 0 spiro atoms. The van der Waals surface area contributed by atoms with Crippen LogP contribution < -0.4 is 5.32 Å². The minimum Gasteiger partial charge on any atom is -0.481 e. The van der Waals surface area contributed by atoms with Crippen LogP contribution in [0, 0.1) is 12.8 Å². The maximum Gasteiger partial charge on any atom is 0.308 e. The van der Waals surface area contributed by atoms with Crippen molar-refractivity contribution in [2.45, 2.75) is 20.3 Å². The van der Waals surface area contributed by atoms with Crippen LogP contribution in [-0.2, 0) is 11.8 Å². The largest absolute Gasteiger partial charge is 0.481 e. The molecule has 1 atom stereocenters. The molecule has 2 rings (SSSR count). The van der Waals surface area contributed by atoms with E-state index >= 15 is 0 Å². The normalized spacial score (nSPS) is 12.6. The molecule has 0 aliphatic heterocycles. The monoisotopic (exact) mass is 295 g/mol. The highest BCUT2D eigenvalue weighted by Gasteiger charge is 2.18. The van der Waals surface area contributed by atoms with Crippen molar-refractivity contribution in [2.24, 2.45) is 13.0 Å². The van der Waals surface area contributed by atoms with Gasteiger partial charge in [0.05, 0.1) is 16.5 Å². The van der Waals surface area contributed by atoms with Crippen molar-refractivity contribution in [3.05, 3.63) is 16.6 Å². The van der Waals surface area contributed by atoms with Gasteiger partial charge < -0.3 is 10.4 Å². The summed E-state index contributed by atoms with van der Waals surface area (Å²) in [6, 6.07) is 1.80. The van der Waals surface area contributed by atoms with Crippen molar-refractivity contribution >= 4 is 33.4 Å². The highest BCUT2D eigenvalue weighted by atomic mass is 32.1. The van der Waals surface area contributed by atoms with Crippen LogP contribution >= 0.6 is 11.3 Å². The van der Waals surface area contributed by atoms with Gasteiger partial charge in [-0.05, 0) is 19.4 Å². The summed E-state index contributed by atoms with van der Waals surface area (Å²) in [4.78, 5) is 24.5. The number of carboxylic acids is 1. The van der Waals surface area contributed by atoms with Crippen LogP contribution in [0.5, 0.6) is 0 Å². The summed E-state index contributed by atoms with van der Waals surface area (Å²) in [5.41, 5.74) is 0.884.